The minimum atomic E-state index is 0.697. The number of aryl methyl sites for hydroxylation is 1. The lowest BCUT2D eigenvalue weighted by atomic mass is 9.93. The van der Waals surface area contributed by atoms with Gasteiger partial charge < -0.3 is 10.6 Å². The van der Waals surface area contributed by atoms with Crippen LogP contribution in [0.4, 0.5) is 0 Å². The van der Waals surface area contributed by atoms with Crippen molar-refractivity contribution in [1.29, 1.82) is 0 Å². The van der Waals surface area contributed by atoms with Gasteiger partial charge in [0.15, 0.2) is 0 Å². The Morgan fingerprint density at radius 2 is 2.26 bits per heavy atom. The van der Waals surface area contributed by atoms with E-state index in [2.05, 4.69) is 28.6 Å². The molecule has 2 N–H and O–H groups in total. The van der Waals surface area contributed by atoms with Crippen LogP contribution in [-0.2, 0) is 6.54 Å². The molecule has 3 heteroatoms. The van der Waals surface area contributed by atoms with Crippen LogP contribution in [0.15, 0.2) is 18.5 Å². The van der Waals surface area contributed by atoms with Gasteiger partial charge in [-0.25, -0.2) is 0 Å². The van der Waals surface area contributed by atoms with Gasteiger partial charge in [-0.3, -0.25) is 4.98 Å². The molecule has 1 saturated heterocycles. The summed E-state index contributed by atoms with van der Waals surface area (Å²) in [5.74, 6) is 0.838. The van der Waals surface area contributed by atoms with Crippen molar-refractivity contribution in [3.05, 3.63) is 29.6 Å². The fourth-order valence-electron chi connectivity index (χ4n) is 3.74. The van der Waals surface area contributed by atoms with Crippen molar-refractivity contribution in [3.63, 3.8) is 0 Å². The predicted molar refractivity (Wildman–Crippen MR) is 78.0 cm³/mol. The van der Waals surface area contributed by atoms with Crippen LogP contribution in [0, 0.1) is 12.8 Å². The van der Waals surface area contributed by atoms with E-state index in [1.54, 1.807) is 0 Å². The van der Waals surface area contributed by atoms with E-state index in [9.17, 15) is 0 Å². The Bertz CT molecular complexity index is 412. The van der Waals surface area contributed by atoms with Gasteiger partial charge in [0.2, 0.25) is 0 Å². The molecule has 0 aromatic carbocycles. The van der Waals surface area contributed by atoms with Gasteiger partial charge in [0.05, 0.1) is 0 Å². The Hall–Kier alpha value is -0.930. The lowest BCUT2D eigenvalue weighted by Gasteiger charge is -2.27. The number of aromatic nitrogens is 1. The van der Waals surface area contributed by atoms with E-state index >= 15 is 0 Å². The van der Waals surface area contributed by atoms with Gasteiger partial charge in [-0.1, -0.05) is 6.42 Å². The van der Waals surface area contributed by atoms with Crippen LogP contribution in [-0.4, -0.2) is 23.6 Å². The second-order valence-electron chi connectivity index (χ2n) is 6.09. The quantitative estimate of drug-likeness (QED) is 0.872. The van der Waals surface area contributed by atoms with Crippen LogP contribution in [0.25, 0.3) is 0 Å². The molecule has 1 aromatic rings. The first-order chi connectivity index (χ1) is 9.34. The summed E-state index contributed by atoms with van der Waals surface area (Å²) in [4.78, 5) is 4.16. The third-order valence-electron chi connectivity index (χ3n) is 4.88. The molecule has 1 aliphatic heterocycles. The maximum Gasteiger partial charge on any atom is 0.0300 e. The highest BCUT2D eigenvalue weighted by Crippen LogP contribution is 2.32. The lowest BCUT2D eigenvalue weighted by Crippen LogP contribution is -2.41. The Morgan fingerprint density at radius 3 is 3.05 bits per heavy atom. The zero-order valence-electron chi connectivity index (χ0n) is 11.9. The molecular formula is C16H25N3. The van der Waals surface area contributed by atoms with E-state index in [4.69, 9.17) is 0 Å². The summed E-state index contributed by atoms with van der Waals surface area (Å²) in [5.41, 5.74) is 2.68. The highest BCUT2D eigenvalue weighted by Gasteiger charge is 2.34. The standard InChI is InChI=1S/C16H25N3/c1-12-10-17-9-7-13(12)11-19-16-5-2-4-14(16)15-6-3-8-18-15/h7,9-10,14-16,18-19H,2-6,8,11H2,1H3. The van der Waals surface area contributed by atoms with Gasteiger partial charge in [0.1, 0.15) is 0 Å². The molecule has 0 radical (unpaired) electrons. The molecule has 0 amide bonds. The molecule has 1 saturated carbocycles. The van der Waals surface area contributed by atoms with Crippen LogP contribution >= 0.6 is 0 Å². The second kappa shape index (κ2) is 6.02. The fraction of sp³-hybridized carbons (Fsp3) is 0.688. The highest BCUT2D eigenvalue weighted by atomic mass is 15.0. The van der Waals surface area contributed by atoms with Gasteiger partial charge in [0, 0.05) is 31.0 Å². The molecule has 2 aliphatic rings. The van der Waals surface area contributed by atoms with Crippen molar-refractivity contribution in [3.8, 4) is 0 Å². The maximum absolute atomic E-state index is 4.16. The average molecular weight is 259 g/mol. The number of hydrogen-bond donors (Lipinski definition) is 2. The summed E-state index contributed by atoms with van der Waals surface area (Å²) in [6.07, 6.45) is 10.7. The van der Waals surface area contributed by atoms with E-state index < -0.39 is 0 Å². The normalized spacial score (nSPS) is 30.9. The molecule has 1 aliphatic carbocycles. The molecule has 0 bridgehead atoms. The monoisotopic (exact) mass is 259 g/mol. The second-order valence-corrected chi connectivity index (χ2v) is 6.09. The lowest BCUT2D eigenvalue weighted by molar-refractivity contribution is 0.319. The van der Waals surface area contributed by atoms with Crippen molar-refractivity contribution < 1.29 is 0 Å². The van der Waals surface area contributed by atoms with E-state index in [-0.39, 0.29) is 0 Å². The smallest absolute Gasteiger partial charge is 0.0300 e. The fourth-order valence-corrected chi connectivity index (χ4v) is 3.74. The third kappa shape index (κ3) is 2.98. The zero-order chi connectivity index (χ0) is 13.1. The average Bonchev–Trinajstić information content (AvgIpc) is 3.08. The molecule has 2 fully saturated rings. The van der Waals surface area contributed by atoms with Crippen molar-refractivity contribution in [1.82, 2.24) is 15.6 Å². The zero-order valence-corrected chi connectivity index (χ0v) is 11.9. The van der Waals surface area contributed by atoms with Gasteiger partial charge in [-0.15, -0.1) is 0 Å². The first kappa shape index (κ1) is 13.1. The van der Waals surface area contributed by atoms with E-state index in [1.165, 1.54) is 49.8 Å². The van der Waals surface area contributed by atoms with E-state index in [0.717, 1.165) is 18.5 Å². The summed E-state index contributed by atoms with van der Waals surface area (Å²) in [7, 11) is 0. The molecule has 3 atom stereocenters. The van der Waals surface area contributed by atoms with Gasteiger partial charge in [-0.05, 0) is 62.3 Å². The van der Waals surface area contributed by atoms with Gasteiger partial charge in [0.25, 0.3) is 0 Å². The van der Waals surface area contributed by atoms with Crippen LogP contribution in [0.3, 0.4) is 0 Å². The third-order valence-corrected chi connectivity index (χ3v) is 4.88. The topological polar surface area (TPSA) is 37.0 Å². The number of pyridine rings is 1. The van der Waals surface area contributed by atoms with Crippen molar-refractivity contribution in [2.75, 3.05) is 6.54 Å². The van der Waals surface area contributed by atoms with Crippen LogP contribution in [0.2, 0.25) is 0 Å². The minimum Gasteiger partial charge on any atom is -0.314 e. The Balaban J connectivity index is 1.58. The summed E-state index contributed by atoms with van der Waals surface area (Å²) in [6.45, 7) is 4.36. The molecule has 3 nitrogen and oxygen atoms in total. The maximum atomic E-state index is 4.16. The SMILES string of the molecule is Cc1cnccc1CNC1CCCC1C1CCCN1. The highest BCUT2D eigenvalue weighted by molar-refractivity contribution is 5.21. The van der Waals surface area contributed by atoms with E-state index in [1.807, 2.05) is 12.4 Å². The molecule has 3 rings (SSSR count). The van der Waals surface area contributed by atoms with Crippen LogP contribution in [0.1, 0.15) is 43.2 Å². The molecule has 104 valence electrons. The molecular weight excluding hydrogens is 234 g/mol. The van der Waals surface area contributed by atoms with Crippen molar-refractivity contribution >= 4 is 0 Å². The largest absolute Gasteiger partial charge is 0.314 e. The van der Waals surface area contributed by atoms with Crippen molar-refractivity contribution in [2.45, 2.75) is 57.7 Å². The van der Waals surface area contributed by atoms with Crippen molar-refractivity contribution in [2.24, 2.45) is 5.92 Å². The number of nitrogens with zero attached hydrogens (tertiary/aromatic N) is 1. The Kier molecular flexibility index (Phi) is 4.14. The number of nitrogens with one attached hydrogen (secondary N) is 2. The molecule has 0 spiro atoms. The van der Waals surface area contributed by atoms with Gasteiger partial charge >= 0.3 is 0 Å². The number of rotatable bonds is 4. The Labute approximate surface area is 116 Å². The Morgan fingerprint density at radius 1 is 1.32 bits per heavy atom. The molecule has 3 unspecified atom stereocenters. The predicted octanol–water partition coefficient (Wildman–Crippen LogP) is 2.40. The van der Waals surface area contributed by atoms with Crippen LogP contribution in [0.5, 0.6) is 0 Å². The minimum absolute atomic E-state index is 0.697. The molecule has 19 heavy (non-hydrogen) atoms. The first-order valence-corrected chi connectivity index (χ1v) is 7.71. The summed E-state index contributed by atoms with van der Waals surface area (Å²) < 4.78 is 0. The van der Waals surface area contributed by atoms with E-state index in [0.29, 0.717) is 6.04 Å². The molecule has 2 heterocycles. The van der Waals surface area contributed by atoms with Crippen LogP contribution < -0.4 is 10.6 Å². The first-order valence-electron chi connectivity index (χ1n) is 7.71. The van der Waals surface area contributed by atoms with Gasteiger partial charge in [-0.2, -0.15) is 0 Å². The molecule has 1 aromatic heterocycles. The summed E-state index contributed by atoms with van der Waals surface area (Å²) in [5, 5.41) is 7.49. The summed E-state index contributed by atoms with van der Waals surface area (Å²) in [6, 6.07) is 3.60. The number of hydrogen-bond acceptors (Lipinski definition) is 3. The summed E-state index contributed by atoms with van der Waals surface area (Å²) >= 11 is 0.